The minimum atomic E-state index is -0.949. The van der Waals surface area contributed by atoms with Gasteiger partial charge in [-0.15, -0.1) is 0 Å². The van der Waals surface area contributed by atoms with Gasteiger partial charge in [-0.05, 0) is 0 Å². The molecule has 0 aliphatic carbocycles. The van der Waals surface area contributed by atoms with E-state index in [9.17, 15) is 10.1 Å². The van der Waals surface area contributed by atoms with E-state index in [1.165, 1.54) is 12.8 Å². The number of rotatable bonds is 1. The molecule has 0 saturated carbocycles. The maximum absolute atomic E-state index is 9.81. The van der Waals surface area contributed by atoms with Gasteiger partial charge in [0.1, 0.15) is 0 Å². The van der Waals surface area contributed by atoms with Crippen molar-refractivity contribution < 1.29 is 4.92 Å². The monoisotopic (exact) mass is 114 g/mol. The normalized spacial score (nSPS) is 26.2. The van der Waals surface area contributed by atoms with Crippen LogP contribution in [0.15, 0.2) is 4.99 Å². The second-order valence-corrected chi connectivity index (χ2v) is 1.29. The molecule has 1 unspecified atom stereocenters. The van der Waals surface area contributed by atoms with Crippen molar-refractivity contribution >= 4 is 6.21 Å². The Morgan fingerprint density at radius 1 is 1.88 bits per heavy atom. The molecule has 5 nitrogen and oxygen atoms in total. The fraction of sp³-hybridized carbons (Fsp3) is 0.333. The Morgan fingerprint density at radius 3 is 2.88 bits per heavy atom. The van der Waals surface area contributed by atoms with Gasteiger partial charge < -0.3 is 0 Å². The van der Waals surface area contributed by atoms with E-state index in [-0.39, 0.29) is 0 Å². The summed E-state index contributed by atoms with van der Waals surface area (Å²) in [6.07, 6.45) is 0.419. The number of aliphatic imine (C=N–C) groups is 1. The second kappa shape index (κ2) is 1.87. The average Bonchev–Trinajstić information content (AvgIpc) is 2.12. The molecule has 0 aromatic rings. The Hall–Kier alpha value is -0.970. The Balaban J connectivity index is 2.48. The van der Waals surface area contributed by atoms with Gasteiger partial charge in [0.05, 0.1) is 11.5 Å². The lowest BCUT2D eigenvalue weighted by atomic mass is 10.8. The first kappa shape index (κ1) is 5.17. The summed E-state index contributed by atoms with van der Waals surface area (Å²) in [6, 6.07) is 0. The van der Waals surface area contributed by atoms with Crippen LogP contribution in [0.1, 0.15) is 0 Å². The molecule has 0 fully saturated rings. The largest absolute Gasteiger partial charge is 0.363 e. The van der Waals surface area contributed by atoms with E-state index in [1.807, 2.05) is 0 Å². The van der Waals surface area contributed by atoms with Crippen molar-refractivity contribution in [1.29, 1.82) is 0 Å². The highest BCUT2D eigenvalue weighted by molar-refractivity contribution is 5.68. The highest BCUT2D eigenvalue weighted by Gasteiger charge is 2.18. The Labute approximate surface area is 45.6 Å². The summed E-state index contributed by atoms with van der Waals surface area (Å²) in [5, 5.41) is 12.2. The first-order valence-electron chi connectivity index (χ1n) is 2.05. The van der Waals surface area contributed by atoms with Crippen LogP contribution >= 0.6 is 0 Å². The molecular weight excluding hydrogens is 110 g/mol. The van der Waals surface area contributed by atoms with E-state index < -0.39 is 11.2 Å². The van der Waals surface area contributed by atoms with Crippen molar-refractivity contribution in [1.82, 2.24) is 5.32 Å². The van der Waals surface area contributed by atoms with Crippen LogP contribution in [0.2, 0.25) is 0 Å². The summed E-state index contributed by atoms with van der Waals surface area (Å²) in [5.74, 6) is 0. The van der Waals surface area contributed by atoms with Crippen LogP contribution in [-0.4, -0.2) is 17.4 Å². The van der Waals surface area contributed by atoms with Gasteiger partial charge in [0, 0.05) is 6.21 Å². The smallest absolute Gasteiger partial charge is 0.261 e. The molecule has 1 heterocycles. The molecule has 43 valence electrons. The third-order valence-corrected chi connectivity index (χ3v) is 0.747. The van der Waals surface area contributed by atoms with Gasteiger partial charge in [-0.25, -0.2) is 10.3 Å². The van der Waals surface area contributed by atoms with Crippen LogP contribution in [0, 0.1) is 16.7 Å². The van der Waals surface area contributed by atoms with Crippen molar-refractivity contribution in [3.05, 3.63) is 16.7 Å². The molecule has 1 aliphatic heterocycles. The molecule has 1 atom stereocenters. The summed E-state index contributed by atoms with van der Waals surface area (Å²) in [4.78, 5) is 12.8. The Kier molecular flexibility index (Phi) is 1.21. The maximum atomic E-state index is 9.81. The molecule has 1 rings (SSSR count). The number of nitro groups is 1. The average molecular weight is 114 g/mol. The molecule has 0 spiro atoms. The van der Waals surface area contributed by atoms with Gasteiger partial charge >= 0.3 is 6.29 Å². The van der Waals surface area contributed by atoms with Crippen molar-refractivity contribution in [3.8, 4) is 0 Å². The predicted octanol–water partition coefficient (Wildman–Crippen LogP) is -0.618. The molecule has 1 radical (unpaired) electrons. The minimum Gasteiger partial charge on any atom is -0.261 e. The molecule has 1 aliphatic rings. The van der Waals surface area contributed by atoms with Gasteiger partial charge in [0.25, 0.3) is 0 Å². The van der Waals surface area contributed by atoms with Crippen molar-refractivity contribution in [2.24, 2.45) is 4.99 Å². The minimum absolute atomic E-state index is 0.500. The van der Waals surface area contributed by atoms with Gasteiger partial charge in [-0.1, -0.05) is 0 Å². The Morgan fingerprint density at radius 2 is 2.62 bits per heavy atom. The van der Waals surface area contributed by atoms with E-state index >= 15 is 0 Å². The fourth-order valence-electron chi connectivity index (χ4n) is 0.412. The molecule has 0 amide bonds. The van der Waals surface area contributed by atoms with Gasteiger partial charge in [-0.2, -0.15) is 0 Å². The molecule has 5 heteroatoms. The highest BCUT2D eigenvalue weighted by Crippen LogP contribution is 1.92. The topological polar surface area (TPSA) is 67.5 Å². The molecule has 0 saturated heterocycles. The lowest BCUT2D eigenvalue weighted by molar-refractivity contribution is -0.524. The second-order valence-electron chi connectivity index (χ2n) is 1.29. The molecule has 8 heavy (non-hydrogen) atoms. The number of hydrogen-bond donors (Lipinski definition) is 1. The van der Waals surface area contributed by atoms with E-state index in [0.29, 0.717) is 0 Å². The van der Waals surface area contributed by atoms with Crippen molar-refractivity contribution in [2.75, 3.05) is 0 Å². The van der Waals surface area contributed by atoms with Crippen LogP contribution in [0.25, 0.3) is 0 Å². The summed E-state index contributed by atoms with van der Waals surface area (Å²) >= 11 is 0. The Bertz CT molecular complexity index is 132. The van der Waals surface area contributed by atoms with Gasteiger partial charge in [0.15, 0.2) is 0 Å². The van der Waals surface area contributed by atoms with E-state index in [1.54, 1.807) is 0 Å². The predicted molar refractivity (Wildman–Crippen MR) is 26.7 cm³/mol. The van der Waals surface area contributed by atoms with Crippen molar-refractivity contribution in [3.63, 3.8) is 0 Å². The number of hydrogen-bond acceptors (Lipinski definition) is 4. The third kappa shape index (κ3) is 0.812. The standard InChI is InChI=1S/C3H4N3O2/c7-6(8)3-4-1-2-5-3/h1-4H. The van der Waals surface area contributed by atoms with Crippen LogP contribution in [0.4, 0.5) is 0 Å². The third-order valence-electron chi connectivity index (χ3n) is 0.747. The van der Waals surface area contributed by atoms with Crippen LogP contribution in [-0.2, 0) is 0 Å². The SMILES string of the molecule is O=[N+]([O-])C1N=C[CH]N1. The molecule has 1 N–H and O–H groups in total. The zero-order valence-electron chi connectivity index (χ0n) is 3.94. The van der Waals surface area contributed by atoms with E-state index in [0.717, 1.165) is 0 Å². The quantitative estimate of drug-likeness (QED) is 0.365. The van der Waals surface area contributed by atoms with Crippen LogP contribution in [0.3, 0.4) is 0 Å². The molecular formula is C3H4N3O2. The summed E-state index contributed by atoms with van der Waals surface area (Å²) in [5.41, 5.74) is 0. The zero-order chi connectivity index (χ0) is 5.98. The van der Waals surface area contributed by atoms with Crippen LogP contribution in [0.5, 0.6) is 0 Å². The molecule has 0 aromatic carbocycles. The fourth-order valence-corrected chi connectivity index (χ4v) is 0.412. The van der Waals surface area contributed by atoms with Crippen LogP contribution < -0.4 is 5.32 Å². The van der Waals surface area contributed by atoms with Gasteiger partial charge in [0.2, 0.25) is 0 Å². The molecule has 0 aromatic heterocycles. The lowest BCUT2D eigenvalue weighted by Gasteiger charge is -1.94. The summed E-state index contributed by atoms with van der Waals surface area (Å²) in [7, 11) is 0. The maximum Gasteiger partial charge on any atom is 0.363 e. The number of nitrogens with one attached hydrogen (secondary N) is 1. The summed E-state index contributed by atoms with van der Waals surface area (Å²) < 4.78 is 0. The van der Waals surface area contributed by atoms with E-state index in [2.05, 4.69) is 10.3 Å². The number of nitrogens with zero attached hydrogens (tertiary/aromatic N) is 2. The lowest BCUT2D eigenvalue weighted by Crippen LogP contribution is -2.27. The van der Waals surface area contributed by atoms with E-state index in [4.69, 9.17) is 0 Å². The van der Waals surface area contributed by atoms with Gasteiger partial charge in [-0.3, -0.25) is 10.1 Å². The van der Waals surface area contributed by atoms with Crippen molar-refractivity contribution in [2.45, 2.75) is 6.29 Å². The highest BCUT2D eigenvalue weighted by atomic mass is 16.6. The molecule has 0 bridgehead atoms. The summed E-state index contributed by atoms with van der Waals surface area (Å²) in [6.45, 7) is 1.44. The first-order chi connectivity index (χ1) is 3.80. The zero-order valence-corrected chi connectivity index (χ0v) is 3.94. The first-order valence-corrected chi connectivity index (χ1v) is 2.05.